The van der Waals surface area contributed by atoms with Crippen LogP contribution in [-0.2, 0) is 0 Å². The van der Waals surface area contributed by atoms with Crippen LogP contribution in [0, 0.1) is 0 Å². The Morgan fingerprint density at radius 1 is 1.42 bits per heavy atom. The van der Waals surface area contributed by atoms with E-state index in [2.05, 4.69) is 10.3 Å². The maximum Gasteiger partial charge on any atom is 0.254 e. The van der Waals surface area contributed by atoms with E-state index in [9.17, 15) is 9.90 Å². The molecule has 2 N–H and O–H groups in total. The number of pyridine rings is 1. The second-order valence-electron chi connectivity index (χ2n) is 4.75. The average Bonchev–Trinajstić information content (AvgIpc) is 2.37. The van der Waals surface area contributed by atoms with Gasteiger partial charge in [0.2, 0.25) is 0 Å². The molecule has 0 saturated carbocycles. The number of hydrogen-bond donors (Lipinski definition) is 2. The molecule has 1 amide bonds. The summed E-state index contributed by atoms with van der Waals surface area (Å²) in [5.74, 6) is -0.302. The van der Waals surface area contributed by atoms with Gasteiger partial charge in [-0.3, -0.25) is 4.79 Å². The Labute approximate surface area is 119 Å². The molecule has 5 heteroatoms. The topological polar surface area (TPSA) is 62.2 Å². The fourth-order valence-electron chi connectivity index (χ4n) is 2.13. The number of carbonyl (C=O) groups is 1. The van der Waals surface area contributed by atoms with Crippen LogP contribution in [0.5, 0.6) is 0 Å². The number of nitrogens with zero attached hydrogens (tertiary/aromatic N) is 1. The van der Waals surface area contributed by atoms with Gasteiger partial charge in [-0.05, 0) is 25.0 Å². The molecule has 0 atom stereocenters. The normalized spacial score (nSPS) is 11.4. The molecule has 0 aliphatic rings. The van der Waals surface area contributed by atoms with Gasteiger partial charge in [0.05, 0.1) is 11.2 Å². The highest BCUT2D eigenvalue weighted by Crippen LogP contribution is 2.19. The zero-order valence-electron chi connectivity index (χ0n) is 11.4. The van der Waals surface area contributed by atoms with Gasteiger partial charge in [-0.2, -0.15) is 0 Å². The number of rotatable bonds is 7. The maximum atomic E-state index is 12.0. The molecule has 4 nitrogen and oxygen atoms in total. The molecule has 1 aromatic rings. The lowest BCUT2D eigenvalue weighted by Crippen LogP contribution is -2.43. The summed E-state index contributed by atoms with van der Waals surface area (Å²) < 4.78 is 0. The quantitative estimate of drug-likeness (QED) is 0.757. The van der Waals surface area contributed by atoms with Crippen molar-refractivity contribution in [1.82, 2.24) is 10.3 Å². The summed E-state index contributed by atoms with van der Waals surface area (Å²) >= 11 is 5.86. The van der Waals surface area contributed by atoms with Gasteiger partial charge < -0.3 is 10.4 Å². The van der Waals surface area contributed by atoms with Crippen molar-refractivity contribution in [1.29, 1.82) is 0 Å². The lowest BCUT2D eigenvalue weighted by Gasteiger charge is -2.27. The first-order valence-electron chi connectivity index (χ1n) is 6.63. The predicted molar refractivity (Wildman–Crippen MR) is 76.3 cm³/mol. The molecule has 0 unspecified atom stereocenters. The fraction of sp³-hybridized carbons (Fsp3) is 0.571. The second-order valence-corrected chi connectivity index (χ2v) is 5.11. The molecule has 1 heterocycles. The molecule has 1 rings (SSSR count). The van der Waals surface area contributed by atoms with Crippen LogP contribution in [-0.4, -0.2) is 28.1 Å². The molecule has 0 aliphatic heterocycles. The van der Waals surface area contributed by atoms with Crippen LogP contribution in [0.2, 0.25) is 5.15 Å². The first kappa shape index (κ1) is 15.9. The highest BCUT2D eigenvalue weighted by Gasteiger charge is 2.25. The number of amides is 1. The van der Waals surface area contributed by atoms with Crippen molar-refractivity contribution in [3.63, 3.8) is 0 Å². The fourth-order valence-corrected chi connectivity index (χ4v) is 2.33. The molecular weight excluding hydrogens is 264 g/mol. The van der Waals surface area contributed by atoms with Crippen LogP contribution in [0.15, 0.2) is 18.3 Å². The lowest BCUT2D eigenvalue weighted by atomic mass is 9.92. The van der Waals surface area contributed by atoms with Crippen molar-refractivity contribution in [2.75, 3.05) is 6.54 Å². The molecule has 0 radical (unpaired) electrons. The largest absolute Gasteiger partial charge is 0.388 e. The smallest absolute Gasteiger partial charge is 0.254 e. The van der Waals surface area contributed by atoms with E-state index in [1.165, 1.54) is 6.20 Å². The molecule has 0 aromatic carbocycles. The van der Waals surface area contributed by atoms with Gasteiger partial charge in [0.25, 0.3) is 5.91 Å². The van der Waals surface area contributed by atoms with Gasteiger partial charge in [-0.1, -0.05) is 38.3 Å². The van der Waals surface area contributed by atoms with Crippen molar-refractivity contribution in [2.45, 2.75) is 45.1 Å². The number of carbonyl (C=O) groups excluding carboxylic acids is 1. The molecule has 0 fully saturated rings. The van der Waals surface area contributed by atoms with Crippen LogP contribution < -0.4 is 5.32 Å². The third-order valence-electron chi connectivity index (χ3n) is 3.01. The molecule has 0 bridgehead atoms. The van der Waals surface area contributed by atoms with Gasteiger partial charge in [0.1, 0.15) is 5.15 Å². The van der Waals surface area contributed by atoms with Crippen LogP contribution in [0.4, 0.5) is 0 Å². The number of aliphatic hydroxyl groups is 1. The van der Waals surface area contributed by atoms with Crippen molar-refractivity contribution in [3.05, 3.63) is 29.0 Å². The van der Waals surface area contributed by atoms with E-state index in [0.717, 1.165) is 12.8 Å². The minimum atomic E-state index is -0.839. The van der Waals surface area contributed by atoms with Crippen LogP contribution >= 0.6 is 11.6 Å². The van der Waals surface area contributed by atoms with Crippen molar-refractivity contribution < 1.29 is 9.90 Å². The number of aromatic nitrogens is 1. The average molecular weight is 285 g/mol. The third-order valence-corrected chi connectivity index (χ3v) is 3.31. The zero-order valence-corrected chi connectivity index (χ0v) is 12.2. The van der Waals surface area contributed by atoms with Gasteiger partial charge in [-0.15, -0.1) is 0 Å². The van der Waals surface area contributed by atoms with E-state index in [1.54, 1.807) is 12.1 Å². The monoisotopic (exact) mass is 284 g/mol. The summed E-state index contributed by atoms with van der Waals surface area (Å²) in [7, 11) is 0. The highest BCUT2D eigenvalue weighted by molar-refractivity contribution is 6.32. The van der Waals surface area contributed by atoms with Crippen molar-refractivity contribution >= 4 is 17.5 Å². The zero-order chi connectivity index (χ0) is 14.3. The number of halogens is 1. The molecule has 106 valence electrons. The minimum Gasteiger partial charge on any atom is -0.388 e. The van der Waals surface area contributed by atoms with Crippen LogP contribution in [0.1, 0.15) is 49.9 Å². The van der Waals surface area contributed by atoms with Crippen LogP contribution in [0.25, 0.3) is 0 Å². The summed E-state index contributed by atoms with van der Waals surface area (Å²) in [6, 6.07) is 3.27. The number of hydrogen-bond acceptors (Lipinski definition) is 3. The van der Waals surface area contributed by atoms with Gasteiger partial charge in [-0.25, -0.2) is 4.98 Å². The Bertz CT molecular complexity index is 418. The van der Waals surface area contributed by atoms with E-state index in [0.29, 0.717) is 18.4 Å². The SMILES string of the molecule is CCCC(O)(CCC)CNC(=O)c1cccnc1Cl. The van der Waals surface area contributed by atoms with E-state index >= 15 is 0 Å². The van der Waals surface area contributed by atoms with Gasteiger partial charge in [0, 0.05) is 12.7 Å². The lowest BCUT2D eigenvalue weighted by molar-refractivity contribution is 0.0213. The van der Waals surface area contributed by atoms with E-state index < -0.39 is 5.60 Å². The van der Waals surface area contributed by atoms with E-state index in [-0.39, 0.29) is 17.6 Å². The Kier molecular flexibility index (Phi) is 6.25. The summed E-state index contributed by atoms with van der Waals surface area (Å²) in [6.45, 7) is 4.26. The van der Waals surface area contributed by atoms with Crippen molar-refractivity contribution in [2.24, 2.45) is 0 Å². The number of nitrogens with one attached hydrogen (secondary N) is 1. The summed E-state index contributed by atoms with van der Waals surface area (Å²) in [4.78, 5) is 15.8. The van der Waals surface area contributed by atoms with Gasteiger partial charge in [0.15, 0.2) is 0 Å². The Balaban J connectivity index is 2.64. The van der Waals surface area contributed by atoms with E-state index in [1.807, 2.05) is 13.8 Å². The molecule has 0 spiro atoms. The first-order chi connectivity index (χ1) is 9.02. The van der Waals surface area contributed by atoms with Crippen LogP contribution in [0.3, 0.4) is 0 Å². The molecule has 0 saturated heterocycles. The maximum absolute atomic E-state index is 12.0. The molecular formula is C14H21ClN2O2. The second kappa shape index (κ2) is 7.46. The Hall–Kier alpha value is -1.13. The summed E-state index contributed by atoms with van der Waals surface area (Å²) in [6.07, 6.45) is 4.62. The standard InChI is InChI=1S/C14H21ClN2O2/c1-3-7-14(19,8-4-2)10-17-13(18)11-6-5-9-16-12(11)15/h5-6,9,19H,3-4,7-8,10H2,1-2H3,(H,17,18). The van der Waals surface area contributed by atoms with Gasteiger partial charge >= 0.3 is 0 Å². The third kappa shape index (κ3) is 4.80. The molecule has 1 aromatic heterocycles. The highest BCUT2D eigenvalue weighted by atomic mass is 35.5. The summed E-state index contributed by atoms with van der Waals surface area (Å²) in [5.41, 5.74) is -0.507. The molecule has 0 aliphatic carbocycles. The summed E-state index contributed by atoms with van der Waals surface area (Å²) in [5, 5.41) is 13.3. The first-order valence-corrected chi connectivity index (χ1v) is 7.01. The molecule has 19 heavy (non-hydrogen) atoms. The Morgan fingerprint density at radius 2 is 2.05 bits per heavy atom. The van der Waals surface area contributed by atoms with E-state index in [4.69, 9.17) is 11.6 Å². The van der Waals surface area contributed by atoms with Crippen molar-refractivity contribution in [3.8, 4) is 0 Å². The Morgan fingerprint density at radius 3 is 2.58 bits per heavy atom. The minimum absolute atomic E-state index is 0.175. The predicted octanol–water partition coefficient (Wildman–Crippen LogP) is 2.80.